The molecule has 0 fully saturated rings. The molecule has 0 unspecified atom stereocenters. The Balaban J connectivity index is 2.66. The topological polar surface area (TPSA) is 17.1 Å². The third-order valence-corrected chi connectivity index (χ3v) is 0.629. The molecule has 1 nitrogen and oxygen atoms in total. The largest absolute Gasteiger partial charge is 0.290 e. The van der Waals surface area contributed by atoms with Crippen LogP contribution >= 0.6 is 0 Å². The zero-order valence-electron chi connectivity index (χ0n) is 3.64. The SMILES string of the molecule is O=C1C=[C][C]C=C1. The molecule has 0 spiro atoms. The first-order valence-electron chi connectivity index (χ1n) is 1.94. The van der Waals surface area contributed by atoms with Crippen molar-refractivity contribution >= 4 is 5.78 Å². The molecule has 1 rings (SSSR count). The van der Waals surface area contributed by atoms with E-state index in [0.29, 0.717) is 0 Å². The predicted octanol–water partition coefficient (Wildman–Crippen LogP) is 0.566. The highest BCUT2D eigenvalue weighted by Crippen LogP contribution is 1.91. The van der Waals surface area contributed by atoms with Gasteiger partial charge >= 0.3 is 0 Å². The third kappa shape index (κ3) is 1.000. The van der Waals surface area contributed by atoms with Gasteiger partial charge in [0.1, 0.15) is 0 Å². The molecule has 0 saturated carbocycles. The molecule has 7 heavy (non-hydrogen) atoms. The maximum absolute atomic E-state index is 10.2. The molecular weight excluding hydrogens is 88.1 g/mol. The van der Waals surface area contributed by atoms with Gasteiger partial charge in [0.2, 0.25) is 0 Å². The molecular formula is C6H3O. The van der Waals surface area contributed by atoms with Crippen LogP contribution in [0.3, 0.4) is 0 Å². The quantitative estimate of drug-likeness (QED) is 0.426. The van der Waals surface area contributed by atoms with E-state index in [2.05, 4.69) is 12.5 Å². The minimum atomic E-state index is -0.0150. The summed E-state index contributed by atoms with van der Waals surface area (Å²) in [4.78, 5) is 10.2. The van der Waals surface area contributed by atoms with Gasteiger partial charge in [0.25, 0.3) is 0 Å². The van der Waals surface area contributed by atoms with Crippen molar-refractivity contribution in [3.05, 3.63) is 30.7 Å². The number of hydrogen-bond donors (Lipinski definition) is 0. The Morgan fingerprint density at radius 1 is 1.57 bits per heavy atom. The van der Waals surface area contributed by atoms with E-state index < -0.39 is 0 Å². The highest BCUT2D eigenvalue weighted by atomic mass is 16.1. The molecule has 0 aromatic carbocycles. The van der Waals surface area contributed by atoms with E-state index >= 15 is 0 Å². The van der Waals surface area contributed by atoms with Gasteiger partial charge in [-0.3, -0.25) is 4.79 Å². The molecule has 1 aliphatic rings. The van der Waals surface area contributed by atoms with Gasteiger partial charge in [-0.15, -0.1) is 0 Å². The number of carbonyl (C=O) groups excluding carboxylic acids is 1. The van der Waals surface area contributed by atoms with Gasteiger partial charge in [-0.2, -0.15) is 0 Å². The van der Waals surface area contributed by atoms with Crippen LogP contribution in [0.5, 0.6) is 0 Å². The van der Waals surface area contributed by atoms with E-state index in [1.807, 2.05) is 0 Å². The number of allylic oxidation sites excluding steroid dienone is 4. The predicted molar refractivity (Wildman–Crippen MR) is 25.2 cm³/mol. The van der Waals surface area contributed by atoms with Crippen LogP contribution in [0.4, 0.5) is 0 Å². The fraction of sp³-hybridized carbons (Fsp3) is 0. The smallest absolute Gasteiger partial charge is 0.178 e. The average molecular weight is 91.1 g/mol. The Hall–Kier alpha value is -0.850. The number of rotatable bonds is 0. The van der Waals surface area contributed by atoms with E-state index in [-0.39, 0.29) is 5.78 Å². The van der Waals surface area contributed by atoms with E-state index in [1.54, 1.807) is 6.08 Å². The van der Waals surface area contributed by atoms with Crippen LogP contribution in [0, 0.1) is 12.5 Å². The van der Waals surface area contributed by atoms with Gasteiger partial charge in [-0.25, -0.2) is 0 Å². The summed E-state index contributed by atoms with van der Waals surface area (Å²) < 4.78 is 0. The van der Waals surface area contributed by atoms with Crippen LogP contribution in [-0.2, 0) is 4.79 Å². The van der Waals surface area contributed by atoms with Gasteiger partial charge in [-0.05, 0) is 18.2 Å². The van der Waals surface area contributed by atoms with Crippen molar-refractivity contribution in [2.45, 2.75) is 0 Å². The molecule has 0 aliphatic heterocycles. The Morgan fingerprint density at radius 3 is 2.71 bits per heavy atom. The third-order valence-electron chi connectivity index (χ3n) is 0.629. The Labute approximate surface area is 42.3 Å². The second-order valence-electron chi connectivity index (χ2n) is 1.17. The monoisotopic (exact) mass is 91.0 g/mol. The molecule has 0 aromatic rings. The first kappa shape index (κ1) is 4.31. The lowest BCUT2D eigenvalue weighted by molar-refractivity contribution is -0.110. The molecule has 0 saturated heterocycles. The molecule has 1 heteroatoms. The summed E-state index contributed by atoms with van der Waals surface area (Å²) in [7, 11) is 0. The minimum Gasteiger partial charge on any atom is -0.290 e. The van der Waals surface area contributed by atoms with E-state index in [0.717, 1.165) is 0 Å². The van der Waals surface area contributed by atoms with Crippen LogP contribution in [0.2, 0.25) is 0 Å². The van der Waals surface area contributed by atoms with Crippen molar-refractivity contribution in [2.75, 3.05) is 0 Å². The summed E-state index contributed by atoms with van der Waals surface area (Å²) >= 11 is 0. The van der Waals surface area contributed by atoms with Crippen LogP contribution in [0.25, 0.3) is 0 Å². The summed E-state index contributed by atoms with van der Waals surface area (Å²) in [6, 6.07) is 0. The van der Waals surface area contributed by atoms with E-state index in [9.17, 15) is 4.79 Å². The number of hydrogen-bond acceptors (Lipinski definition) is 1. The lowest BCUT2D eigenvalue weighted by atomic mass is 10.2. The minimum absolute atomic E-state index is 0.0150. The zero-order valence-corrected chi connectivity index (χ0v) is 3.64. The van der Waals surface area contributed by atoms with Gasteiger partial charge in [0.05, 0.1) is 0 Å². The van der Waals surface area contributed by atoms with Crippen molar-refractivity contribution in [1.82, 2.24) is 0 Å². The van der Waals surface area contributed by atoms with Gasteiger partial charge in [0, 0.05) is 6.42 Å². The van der Waals surface area contributed by atoms with Crippen LogP contribution in [0.1, 0.15) is 0 Å². The number of ketones is 1. The van der Waals surface area contributed by atoms with Crippen LogP contribution in [0.15, 0.2) is 18.2 Å². The highest BCUT2D eigenvalue weighted by Gasteiger charge is 1.90. The molecule has 0 heterocycles. The van der Waals surface area contributed by atoms with Gasteiger partial charge in [0.15, 0.2) is 5.78 Å². The zero-order chi connectivity index (χ0) is 5.11. The van der Waals surface area contributed by atoms with Gasteiger partial charge < -0.3 is 0 Å². The van der Waals surface area contributed by atoms with Crippen LogP contribution < -0.4 is 0 Å². The Morgan fingerprint density at radius 2 is 2.43 bits per heavy atom. The molecule has 0 N–H and O–H groups in total. The second-order valence-corrected chi connectivity index (χ2v) is 1.17. The number of carbonyl (C=O) groups is 1. The highest BCUT2D eigenvalue weighted by molar-refractivity contribution is 6.00. The molecule has 3 radical (unpaired) electrons. The molecule has 0 amide bonds. The molecule has 1 aliphatic carbocycles. The standard InChI is InChI=1S/C6H3O/c7-6-4-2-1-3-5-6/h2,4-5H. The Bertz CT molecular complexity index is 117. The van der Waals surface area contributed by atoms with Crippen molar-refractivity contribution in [3.63, 3.8) is 0 Å². The Kier molecular flexibility index (Phi) is 1.07. The maximum atomic E-state index is 10.2. The molecule has 0 atom stereocenters. The first-order valence-corrected chi connectivity index (χ1v) is 1.94. The summed E-state index contributed by atoms with van der Waals surface area (Å²) in [5, 5.41) is 0. The second kappa shape index (κ2) is 1.73. The fourth-order valence-electron chi connectivity index (χ4n) is 0.333. The van der Waals surface area contributed by atoms with Crippen molar-refractivity contribution in [3.8, 4) is 0 Å². The summed E-state index contributed by atoms with van der Waals surface area (Å²) in [6.07, 6.45) is 9.46. The van der Waals surface area contributed by atoms with Gasteiger partial charge in [-0.1, -0.05) is 6.08 Å². The molecule has 0 bridgehead atoms. The van der Waals surface area contributed by atoms with E-state index in [4.69, 9.17) is 0 Å². The normalized spacial score (nSPS) is 18.0. The summed E-state index contributed by atoms with van der Waals surface area (Å²) in [5.41, 5.74) is 0. The average Bonchev–Trinajstić information content (AvgIpc) is 1.69. The summed E-state index contributed by atoms with van der Waals surface area (Å²) in [5.74, 6) is -0.0150. The van der Waals surface area contributed by atoms with Crippen LogP contribution in [-0.4, -0.2) is 5.78 Å². The maximum Gasteiger partial charge on any atom is 0.178 e. The fourth-order valence-corrected chi connectivity index (χ4v) is 0.333. The van der Waals surface area contributed by atoms with Crippen molar-refractivity contribution in [1.29, 1.82) is 0 Å². The first-order chi connectivity index (χ1) is 3.39. The van der Waals surface area contributed by atoms with E-state index in [1.165, 1.54) is 12.2 Å². The van der Waals surface area contributed by atoms with Crippen molar-refractivity contribution in [2.24, 2.45) is 0 Å². The lowest BCUT2D eigenvalue weighted by Crippen LogP contribution is -1.88. The summed E-state index contributed by atoms with van der Waals surface area (Å²) in [6.45, 7) is 0. The molecule has 33 valence electrons. The molecule has 0 aromatic heterocycles. The lowest BCUT2D eigenvalue weighted by Gasteiger charge is -1.85. The van der Waals surface area contributed by atoms with Crippen molar-refractivity contribution < 1.29 is 4.79 Å².